The summed E-state index contributed by atoms with van der Waals surface area (Å²) in [5.74, 6) is 0.587. The van der Waals surface area contributed by atoms with E-state index in [0.717, 1.165) is 30.8 Å². The molecule has 6 heteroatoms. The maximum atomic E-state index is 12.7. The molecule has 6 nitrogen and oxygen atoms in total. The van der Waals surface area contributed by atoms with Crippen LogP contribution in [0, 0.1) is 46.3 Å². The Labute approximate surface area is 210 Å². The molecule has 198 valence electrons. The molecule has 4 aliphatic carbocycles. The van der Waals surface area contributed by atoms with E-state index in [4.69, 9.17) is 9.78 Å². The summed E-state index contributed by atoms with van der Waals surface area (Å²) in [6.07, 6.45) is 9.71. The second-order valence-electron chi connectivity index (χ2n) is 13.5. The van der Waals surface area contributed by atoms with Crippen LogP contribution in [0.3, 0.4) is 0 Å². The van der Waals surface area contributed by atoms with Gasteiger partial charge < -0.3 is 15.3 Å². The monoisotopic (exact) mass is 490 g/mol. The number of rotatable bonds is 7. The summed E-state index contributed by atoms with van der Waals surface area (Å²) >= 11 is 0. The van der Waals surface area contributed by atoms with Crippen molar-refractivity contribution < 1.29 is 29.9 Å². The lowest BCUT2D eigenvalue weighted by Gasteiger charge is -2.65. The maximum absolute atomic E-state index is 12.7. The fourth-order valence-electron chi connectivity index (χ4n) is 9.55. The minimum absolute atomic E-state index is 0.0497. The summed E-state index contributed by atoms with van der Waals surface area (Å²) in [6, 6.07) is 0. The predicted octanol–water partition coefficient (Wildman–Crippen LogP) is 4.56. The van der Waals surface area contributed by atoms with Crippen LogP contribution in [-0.2, 0) is 14.6 Å². The van der Waals surface area contributed by atoms with E-state index in [0.29, 0.717) is 17.8 Å². The van der Waals surface area contributed by atoms with Crippen molar-refractivity contribution in [1.29, 1.82) is 0 Å². The van der Waals surface area contributed by atoms with Crippen molar-refractivity contribution in [2.75, 3.05) is 6.61 Å². The molecular weight excluding hydrogens is 444 g/mol. The van der Waals surface area contributed by atoms with Crippen molar-refractivity contribution in [3.8, 4) is 0 Å². The number of carbonyl (C=O) groups excluding carboxylic acids is 1. The number of fused-ring (bicyclic) bond motifs is 6. The summed E-state index contributed by atoms with van der Waals surface area (Å²) in [6.45, 7) is 10.8. The molecule has 1 saturated heterocycles. The largest absolute Gasteiger partial charge is 0.395 e. The first kappa shape index (κ1) is 25.8. The van der Waals surface area contributed by atoms with E-state index in [2.05, 4.69) is 27.7 Å². The molecule has 3 unspecified atom stereocenters. The zero-order chi connectivity index (χ0) is 25.4. The lowest BCUT2D eigenvalue weighted by molar-refractivity contribution is -0.598. The van der Waals surface area contributed by atoms with Gasteiger partial charge in [-0.3, -0.25) is 4.79 Å². The molecule has 0 aromatic carbocycles. The number of hydrogen-bond donors (Lipinski definition) is 3. The molecule has 10 atom stereocenters. The van der Waals surface area contributed by atoms with Crippen LogP contribution >= 0.6 is 0 Å². The summed E-state index contributed by atoms with van der Waals surface area (Å²) in [4.78, 5) is 23.2. The van der Waals surface area contributed by atoms with Gasteiger partial charge in [-0.15, -0.1) is 0 Å². The van der Waals surface area contributed by atoms with Crippen molar-refractivity contribution in [3.05, 3.63) is 11.6 Å². The Balaban J connectivity index is 1.44. The molecule has 1 heterocycles. The highest BCUT2D eigenvalue weighted by atomic mass is 17.3. The Morgan fingerprint density at radius 1 is 1.14 bits per heavy atom. The zero-order valence-electron chi connectivity index (χ0n) is 22.3. The Hall–Kier alpha value is -0.790. The van der Waals surface area contributed by atoms with Gasteiger partial charge in [-0.05, 0) is 73.5 Å². The van der Waals surface area contributed by atoms with Crippen molar-refractivity contribution in [2.24, 2.45) is 46.3 Å². The molecule has 0 bridgehead atoms. The summed E-state index contributed by atoms with van der Waals surface area (Å²) in [7, 11) is 0. The van der Waals surface area contributed by atoms with E-state index < -0.39 is 22.9 Å². The second kappa shape index (κ2) is 8.62. The fourth-order valence-corrected chi connectivity index (χ4v) is 9.55. The summed E-state index contributed by atoms with van der Waals surface area (Å²) < 4.78 is 0. The molecule has 1 aliphatic heterocycles. The Morgan fingerprint density at radius 3 is 2.49 bits per heavy atom. The fraction of sp³-hybridized carbons (Fsp3) is 0.897. The lowest BCUT2D eigenvalue weighted by Crippen LogP contribution is -2.76. The van der Waals surface area contributed by atoms with Crippen molar-refractivity contribution >= 4 is 5.78 Å². The highest BCUT2D eigenvalue weighted by Gasteiger charge is 2.75. The topological polar surface area (TPSA) is 96.2 Å². The van der Waals surface area contributed by atoms with Gasteiger partial charge in [-0.2, -0.15) is 4.89 Å². The van der Waals surface area contributed by atoms with Crippen LogP contribution in [-0.4, -0.2) is 45.2 Å². The van der Waals surface area contributed by atoms with E-state index in [9.17, 15) is 20.1 Å². The number of ketones is 1. The maximum Gasteiger partial charge on any atom is 0.242 e. The molecular formula is C29H46O6. The van der Waals surface area contributed by atoms with Gasteiger partial charge in [-0.1, -0.05) is 58.6 Å². The number of aliphatic hydroxyl groups excluding tert-OH is 2. The third kappa shape index (κ3) is 3.49. The van der Waals surface area contributed by atoms with Crippen LogP contribution in [0.1, 0.15) is 92.4 Å². The number of hydrogen-bond acceptors (Lipinski definition) is 6. The third-order valence-corrected chi connectivity index (χ3v) is 11.4. The molecule has 0 aromatic rings. The minimum Gasteiger partial charge on any atom is -0.395 e. The van der Waals surface area contributed by atoms with Crippen molar-refractivity contribution in [2.45, 2.75) is 110 Å². The first-order valence-corrected chi connectivity index (χ1v) is 14.0. The number of aliphatic hydroxyl groups is 3. The molecule has 0 radical (unpaired) electrons. The van der Waals surface area contributed by atoms with Crippen LogP contribution in [0.4, 0.5) is 0 Å². The van der Waals surface area contributed by atoms with E-state index in [1.807, 2.05) is 6.08 Å². The van der Waals surface area contributed by atoms with Crippen LogP contribution in [0.2, 0.25) is 0 Å². The van der Waals surface area contributed by atoms with E-state index in [1.54, 1.807) is 0 Å². The summed E-state index contributed by atoms with van der Waals surface area (Å²) in [5, 5.41) is 33.5. The number of Topliss-reactive ketones (excluding diaryl/α,β-unsaturated/α-hetero) is 1. The molecule has 4 fully saturated rings. The Kier molecular flexibility index (Phi) is 6.37. The Morgan fingerprint density at radius 2 is 1.89 bits per heavy atom. The normalized spacial score (nSPS) is 49.3. The van der Waals surface area contributed by atoms with Gasteiger partial charge in [-0.25, -0.2) is 4.89 Å². The molecule has 0 amide bonds. The second-order valence-corrected chi connectivity index (χ2v) is 13.5. The molecule has 5 aliphatic rings. The third-order valence-electron chi connectivity index (χ3n) is 11.4. The van der Waals surface area contributed by atoms with Gasteiger partial charge >= 0.3 is 0 Å². The quantitative estimate of drug-likeness (QED) is 0.358. The number of carbonyl (C=O) groups is 1. The average molecular weight is 491 g/mol. The van der Waals surface area contributed by atoms with Gasteiger partial charge in [0.05, 0.1) is 12.7 Å². The summed E-state index contributed by atoms with van der Waals surface area (Å²) in [5.41, 5.74) is -1.10. The van der Waals surface area contributed by atoms with Crippen LogP contribution in [0.15, 0.2) is 11.6 Å². The molecule has 0 spiro atoms. The Bertz CT molecular complexity index is 884. The molecule has 5 rings (SSSR count). The zero-order valence-corrected chi connectivity index (χ0v) is 22.3. The van der Waals surface area contributed by atoms with Gasteiger partial charge in [0.25, 0.3) is 0 Å². The van der Waals surface area contributed by atoms with Gasteiger partial charge in [0.2, 0.25) is 11.4 Å². The van der Waals surface area contributed by atoms with Gasteiger partial charge in [0, 0.05) is 18.3 Å². The predicted molar refractivity (Wildman–Crippen MR) is 132 cm³/mol. The van der Waals surface area contributed by atoms with E-state index in [-0.39, 0.29) is 42.5 Å². The minimum atomic E-state index is -1.72. The van der Waals surface area contributed by atoms with Crippen LogP contribution < -0.4 is 0 Å². The van der Waals surface area contributed by atoms with Gasteiger partial charge in [0.1, 0.15) is 0 Å². The molecule has 0 aromatic heterocycles. The van der Waals surface area contributed by atoms with Crippen molar-refractivity contribution in [3.63, 3.8) is 0 Å². The highest BCUT2D eigenvalue weighted by molar-refractivity contribution is 5.87. The van der Waals surface area contributed by atoms with E-state index in [1.165, 1.54) is 32.6 Å². The average Bonchev–Trinajstić information content (AvgIpc) is 3.14. The molecule has 3 N–H and O–H groups in total. The van der Waals surface area contributed by atoms with Crippen LogP contribution in [0.5, 0.6) is 0 Å². The highest BCUT2D eigenvalue weighted by Crippen LogP contribution is 2.70. The lowest BCUT2D eigenvalue weighted by atomic mass is 9.44. The van der Waals surface area contributed by atoms with Gasteiger partial charge in [0.15, 0.2) is 5.78 Å². The molecule has 3 saturated carbocycles. The van der Waals surface area contributed by atoms with Crippen LogP contribution in [0.25, 0.3) is 0 Å². The van der Waals surface area contributed by atoms with E-state index >= 15 is 0 Å². The smallest absolute Gasteiger partial charge is 0.242 e. The first-order chi connectivity index (χ1) is 16.4. The SMILES string of the molecule is CC(=O)C12C[C@@]3(CO)C(=CC(O)[C@@H]4[C@@H]3CC[C@]3(C)[C@@H]([C@H](C)CCCC(C)C)CC[C@@H]43)CC1(O)OO2. The first-order valence-electron chi connectivity index (χ1n) is 14.0. The standard InChI is InChI=1S/C29H46O6/c1-17(2)7-6-8-18(3)21-9-10-22-25-23(11-12-26(21,22)5)27(16-30)15-28(19(4)31)29(33,35-34-28)14-20(27)13-24(25)32/h13,17-18,21-25,30,32-33H,6-12,14-16H2,1-5H3/t18-,21-,22+,23+,24?,25+,26-,27-,28?,29?/m1/s1. The van der Waals surface area contributed by atoms with Crippen molar-refractivity contribution in [1.82, 2.24) is 0 Å². The molecule has 35 heavy (non-hydrogen) atoms.